The van der Waals surface area contributed by atoms with Crippen molar-refractivity contribution in [1.82, 2.24) is 0 Å². The molecule has 0 radical (unpaired) electrons. The molecule has 8 aliphatic rings. The van der Waals surface area contributed by atoms with E-state index in [4.69, 9.17) is 0 Å². The van der Waals surface area contributed by atoms with Crippen LogP contribution in [0.1, 0.15) is 157 Å². The highest BCUT2D eigenvalue weighted by Crippen LogP contribution is 2.71. The van der Waals surface area contributed by atoms with Crippen molar-refractivity contribution in [2.24, 2.45) is 61.6 Å². The molecule has 0 aliphatic heterocycles. The van der Waals surface area contributed by atoms with Gasteiger partial charge < -0.3 is 0 Å². The van der Waals surface area contributed by atoms with Gasteiger partial charge in [0.15, 0.2) is 18.6 Å². The number of aromatic nitrogens is 3. The summed E-state index contributed by atoms with van der Waals surface area (Å²) in [6.07, 6.45) is 24.1. The fourth-order valence-electron chi connectivity index (χ4n) is 17.4. The number of benzene rings is 6. The topological polar surface area (TPSA) is 11.6 Å². The summed E-state index contributed by atoms with van der Waals surface area (Å²) in [6.45, 7) is 14.1. The Morgan fingerprint density at radius 3 is 1.23 bits per heavy atom. The standard InChI is InChI=1S/C29H34N.2C27H30N/c1-20-8-6-7-9-25(20)27-18-23(15-17-30(27)5)21-10-12-22(13-11-21)26-19-24-14-16-29(26,4)28(24,2)3;2*1-19-6-3-4-9-25(19)27-18-23(14-15-28(27)2)22-7-5-8-24(17-22)26-16-20-10-12-21(26)13-11-20/h6-13,15,17-18,24,26H,14,16,19H2,1-5H3;2*3-9,14-15,17-18,20-21,26H,10-13,16H2,1-2H3/q3*+1/i;26D;. The van der Waals surface area contributed by atoms with Crippen LogP contribution >= 0.6 is 0 Å². The summed E-state index contributed by atoms with van der Waals surface area (Å²) in [5.74, 6) is 5.15. The molecule has 0 saturated heterocycles. The third-order valence-corrected chi connectivity index (χ3v) is 23.3. The molecule has 3 heteroatoms. The second-order valence-corrected chi connectivity index (χ2v) is 28.2. The van der Waals surface area contributed by atoms with E-state index in [0.29, 0.717) is 22.7 Å². The van der Waals surface area contributed by atoms with Gasteiger partial charge in [0.25, 0.3) is 0 Å². The Morgan fingerprint density at radius 2 is 0.814 bits per heavy atom. The predicted molar refractivity (Wildman–Crippen MR) is 357 cm³/mol. The molecular formula is C83H94N3+3. The summed E-state index contributed by atoms with van der Waals surface area (Å²) in [5, 5.41) is 0. The van der Waals surface area contributed by atoms with Crippen LogP contribution in [0.3, 0.4) is 0 Å². The minimum atomic E-state index is -0.393. The highest BCUT2D eigenvalue weighted by molar-refractivity contribution is 5.73. The normalized spacial score (nSPS) is 25.8. The van der Waals surface area contributed by atoms with Crippen molar-refractivity contribution in [3.63, 3.8) is 0 Å². The second kappa shape index (κ2) is 24.1. The average molecular weight is 1130 g/mol. The largest absolute Gasteiger partial charge is 0.213 e. The van der Waals surface area contributed by atoms with Gasteiger partial charge in [0.2, 0.25) is 17.1 Å². The Hall–Kier alpha value is -7.23. The van der Waals surface area contributed by atoms with E-state index in [1.807, 2.05) is 0 Å². The number of aryl methyl sites for hydroxylation is 6. The molecular weight excluding hydrogens is 1040 g/mol. The van der Waals surface area contributed by atoms with E-state index in [0.717, 1.165) is 36.0 Å². The Morgan fingerprint density at radius 1 is 0.384 bits per heavy atom. The van der Waals surface area contributed by atoms with E-state index in [-0.39, 0.29) is 0 Å². The summed E-state index contributed by atoms with van der Waals surface area (Å²) in [6, 6.07) is 67.3. The molecule has 6 bridgehead atoms. The van der Waals surface area contributed by atoms with Gasteiger partial charge in [-0.1, -0.05) is 174 Å². The maximum absolute atomic E-state index is 9.34. The molecule has 8 fully saturated rings. The van der Waals surface area contributed by atoms with Gasteiger partial charge in [0, 0.05) is 54.5 Å². The van der Waals surface area contributed by atoms with Crippen molar-refractivity contribution >= 4 is 0 Å². The van der Waals surface area contributed by atoms with Crippen LogP contribution in [0.15, 0.2) is 201 Å². The molecule has 0 N–H and O–H groups in total. The van der Waals surface area contributed by atoms with Crippen molar-refractivity contribution in [3.8, 4) is 67.2 Å². The lowest BCUT2D eigenvalue weighted by Crippen LogP contribution is -2.31. The number of hydrogen-bond donors (Lipinski definition) is 0. The molecule has 5 unspecified atom stereocenters. The summed E-state index contributed by atoms with van der Waals surface area (Å²) < 4.78 is 16.0. The van der Waals surface area contributed by atoms with Gasteiger partial charge in [0.1, 0.15) is 21.1 Å². The molecule has 0 spiro atoms. The number of pyridine rings is 3. The van der Waals surface area contributed by atoms with Gasteiger partial charge in [-0.3, -0.25) is 0 Å². The zero-order valence-corrected chi connectivity index (χ0v) is 53.1. The zero-order valence-electron chi connectivity index (χ0n) is 54.1. The van der Waals surface area contributed by atoms with Crippen LogP contribution in [0.4, 0.5) is 0 Å². The van der Waals surface area contributed by atoms with Gasteiger partial charge in [-0.05, 0) is 222 Å². The molecule has 6 aromatic carbocycles. The minimum Gasteiger partial charge on any atom is -0.201 e. The van der Waals surface area contributed by atoms with E-state index in [2.05, 4.69) is 277 Å². The SMILES string of the molecule is Cc1ccccc1-c1cc(-c2ccc(C3CC4CCC3(C)C4(C)C)cc2)cc[n+]1C.Cc1ccccc1-c1cc(-c2cccc(C3CC4CCC3CC4)c2)cc[n+]1C.[2H]C1(c2cccc(-c3cc[n+](C)c(-c4ccccc4C)c3)c2)CC2CCC1CC2. The molecule has 86 heavy (non-hydrogen) atoms. The van der Waals surface area contributed by atoms with Crippen molar-refractivity contribution in [2.75, 3.05) is 0 Å². The highest BCUT2D eigenvalue weighted by Gasteiger charge is 2.61. The van der Waals surface area contributed by atoms with Crippen molar-refractivity contribution in [3.05, 3.63) is 234 Å². The number of fused-ring (bicyclic) bond motifs is 8. The van der Waals surface area contributed by atoms with Crippen LogP contribution in [-0.4, -0.2) is 0 Å². The van der Waals surface area contributed by atoms with Crippen molar-refractivity contribution in [1.29, 1.82) is 0 Å². The third-order valence-electron chi connectivity index (χ3n) is 23.3. The maximum Gasteiger partial charge on any atom is 0.213 e. The second-order valence-electron chi connectivity index (χ2n) is 28.2. The predicted octanol–water partition coefficient (Wildman–Crippen LogP) is 20.0. The number of hydrogen-bond acceptors (Lipinski definition) is 0. The first-order valence-corrected chi connectivity index (χ1v) is 33.0. The van der Waals surface area contributed by atoms with E-state index in [1.54, 1.807) is 5.56 Å². The Balaban J connectivity index is 0.000000121. The summed E-state index contributed by atoms with van der Waals surface area (Å²) in [5.41, 5.74) is 24.5. The van der Waals surface area contributed by atoms with Crippen molar-refractivity contribution in [2.45, 2.75) is 143 Å². The summed E-state index contributed by atoms with van der Waals surface area (Å²) >= 11 is 0. The lowest BCUT2D eigenvalue weighted by atomic mass is 9.63. The average Bonchev–Trinajstić information content (AvgIpc) is 1.61. The quantitative estimate of drug-likeness (QED) is 0.128. The van der Waals surface area contributed by atoms with Crippen LogP contribution in [0.25, 0.3) is 67.2 Å². The molecule has 3 heterocycles. The Labute approximate surface area is 517 Å². The van der Waals surface area contributed by atoms with Crippen LogP contribution in [0, 0.1) is 61.2 Å². The number of rotatable bonds is 9. The smallest absolute Gasteiger partial charge is 0.201 e. The van der Waals surface area contributed by atoms with Gasteiger partial charge in [0.05, 0.1) is 0 Å². The molecule has 5 atom stereocenters. The molecule has 9 aromatic rings. The molecule has 3 nitrogen and oxygen atoms in total. The van der Waals surface area contributed by atoms with Crippen LogP contribution in [0.5, 0.6) is 0 Å². The van der Waals surface area contributed by atoms with Gasteiger partial charge in [-0.2, -0.15) is 0 Å². The molecule has 438 valence electrons. The van der Waals surface area contributed by atoms with E-state index >= 15 is 0 Å². The molecule has 8 saturated carbocycles. The van der Waals surface area contributed by atoms with Crippen LogP contribution in [-0.2, 0) is 21.1 Å². The lowest BCUT2D eigenvalue weighted by Gasteiger charge is -2.42. The maximum atomic E-state index is 9.34. The monoisotopic (exact) mass is 1130 g/mol. The number of nitrogens with zero attached hydrogens (tertiary/aromatic N) is 3. The van der Waals surface area contributed by atoms with Gasteiger partial charge >= 0.3 is 0 Å². The first-order chi connectivity index (χ1) is 42.0. The Bertz CT molecular complexity index is 3950. The summed E-state index contributed by atoms with van der Waals surface area (Å²) in [4.78, 5) is 0. The third kappa shape index (κ3) is 11.3. The zero-order chi connectivity index (χ0) is 60.2. The van der Waals surface area contributed by atoms with Crippen molar-refractivity contribution < 1.29 is 15.1 Å². The fraction of sp³-hybridized carbons (Fsp3) is 0.386. The molecule has 3 aromatic heterocycles. The highest BCUT2D eigenvalue weighted by atomic mass is 14.9. The lowest BCUT2D eigenvalue weighted by molar-refractivity contribution is -0.660. The van der Waals surface area contributed by atoms with E-state index in [9.17, 15) is 1.37 Å². The first kappa shape index (κ1) is 56.6. The van der Waals surface area contributed by atoms with Gasteiger partial charge in [-0.25, -0.2) is 13.7 Å². The van der Waals surface area contributed by atoms with Crippen LogP contribution < -0.4 is 13.7 Å². The fourth-order valence-corrected chi connectivity index (χ4v) is 17.4. The summed E-state index contributed by atoms with van der Waals surface area (Å²) in [7, 11) is 6.38. The minimum absolute atomic E-state index is 0.393. The van der Waals surface area contributed by atoms with Gasteiger partial charge in [-0.15, -0.1) is 0 Å². The molecule has 0 amide bonds. The van der Waals surface area contributed by atoms with Crippen LogP contribution in [0.2, 0.25) is 0 Å². The van der Waals surface area contributed by atoms with E-state index in [1.165, 1.54) is 172 Å². The molecule has 17 rings (SSSR count). The molecule has 8 aliphatic carbocycles. The Kier molecular flexibility index (Phi) is 15.9. The first-order valence-electron chi connectivity index (χ1n) is 33.5. The van der Waals surface area contributed by atoms with E-state index < -0.39 is 5.89 Å².